The fourth-order valence-corrected chi connectivity index (χ4v) is 4.23. The lowest BCUT2D eigenvalue weighted by Gasteiger charge is -2.09. The number of esters is 1. The normalized spacial score (nSPS) is 11.5. The van der Waals surface area contributed by atoms with E-state index in [1.165, 1.54) is 17.8 Å². The predicted molar refractivity (Wildman–Crippen MR) is 101 cm³/mol. The van der Waals surface area contributed by atoms with Gasteiger partial charge in [0.2, 0.25) is 0 Å². The van der Waals surface area contributed by atoms with E-state index in [2.05, 4.69) is 6.58 Å². The van der Waals surface area contributed by atoms with E-state index >= 15 is 0 Å². The van der Waals surface area contributed by atoms with Gasteiger partial charge in [0, 0.05) is 39.7 Å². The minimum absolute atomic E-state index is 0.124. The minimum Gasteiger partial charge on any atom is -0.462 e. The van der Waals surface area contributed by atoms with Gasteiger partial charge in [-0.25, -0.2) is 4.79 Å². The van der Waals surface area contributed by atoms with Crippen molar-refractivity contribution in [2.45, 2.75) is 11.1 Å². The first-order valence-corrected chi connectivity index (χ1v) is 10.0. The Morgan fingerprint density at radius 2 is 2.04 bits per heavy atom. The molecule has 0 bridgehead atoms. The van der Waals surface area contributed by atoms with Gasteiger partial charge in [0.15, 0.2) is 4.71 Å². The zero-order chi connectivity index (χ0) is 19.2. The van der Waals surface area contributed by atoms with Crippen molar-refractivity contribution in [1.29, 1.82) is 0 Å². The Balaban J connectivity index is 1.96. The summed E-state index contributed by atoms with van der Waals surface area (Å²) in [6.07, 6.45) is -3.32. The largest absolute Gasteiger partial charge is 0.462 e. The first kappa shape index (κ1) is 20.9. The summed E-state index contributed by atoms with van der Waals surface area (Å²) in [5, 5.41) is 0.599. The van der Waals surface area contributed by atoms with Gasteiger partial charge in [-0.05, 0) is 30.4 Å². The van der Waals surface area contributed by atoms with Crippen LogP contribution in [0.5, 0.6) is 0 Å². The summed E-state index contributed by atoms with van der Waals surface area (Å²) in [6.45, 7) is 3.62. The van der Waals surface area contributed by atoms with Crippen LogP contribution >= 0.6 is 35.7 Å². The molecule has 0 saturated carbocycles. The molecule has 2 aromatic rings. The highest BCUT2D eigenvalue weighted by molar-refractivity contribution is 8.03. The fourth-order valence-electron chi connectivity index (χ4n) is 2.00. The van der Waals surface area contributed by atoms with Crippen LogP contribution in [0.4, 0.5) is 13.2 Å². The molecule has 0 aliphatic heterocycles. The summed E-state index contributed by atoms with van der Waals surface area (Å²) < 4.78 is 48.8. The second-order valence-corrected chi connectivity index (χ2v) is 7.73. The summed E-state index contributed by atoms with van der Waals surface area (Å²) in [5.41, 5.74) is -0.645. The Labute approximate surface area is 162 Å². The van der Waals surface area contributed by atoms with Gasteiger partial charge in [-0.2, -0.15) is 24.9 Å². The van der Waals surface area contributed by atoms with E-state index < -0.39 is 17.7 Å². The molecule has 1 aromatic carbocycles. The number of thioether (sulfide) groups is 2. The van der Waals surface area contributed by atoms with Crippen molar-refractivity contribution in [1.82, 2.24) is 0 Å². The van der Waals surface area contributed by atoms with Crippen molar-refractivity contribution in [3.63, 3.8) is 0 Å². The highest BCUT2D eigenvalue weighted by Gasteiger charge is 2.30. The average Bonchev–Trinajstić information content (AvgIpc) is 2.58. The molecule has 0 aliphatic carbocycles. The molecule has 0 spiro atoms. The van der Waals surface area contributed by atoms with Gasteiger partial charge in [0.05, 0.1) is 5.56 Å². The first-order valence-electron chi connectivity index (χ1n) is 7.46. The third-order valence-corrected chi connectivity index (χ3v) is 5.62. The number of hydrogen-bond acceptors (Lipinski definition) is 6. The zero-order valence-electron chi connectivity index (χ0n) is 13.5. The average molecular weight is 420 g/mol. The second-order valence-electron chi connectivity index (χ2n) is 4.97. The third kappa shape index (κ3) is 6.07. The zero-order valence-corrected chi connectivity index (χ0v) is 16.0. The lowest BCUT2D eigenvalue weighted by Crippen LogP contribution is -2.04. The molecule has 140 valence electrons. The third-order valence-electron chi connectivity index (χ3n) is 3.16. The standard InChI is InChI=1S/C17H15F3O3S3/c1-2-15(21)22-5-6-25-7-8-26-14-10-16(24)23-13-9-11(17(18,19)20)3-4-12(13)14/h2-4,9-10H,1,5-8H2. The SMILES string of the molecule is C=CC(=O)OCCSCCSc1cc(=S)oc2cc(C(F)(F)F)ccc12. The van der Waals surface area contributed by atoms with Crippen LogP contribution in [0.25, 0.3) is 11.0 Å². The number of carbonyl (C=O) groups is 1. The first-order chi connectivity index (χ1) is 12.3. The second kappa shape index (κ2) is 9.48. The van der Waals surface area contributed by atoms with Crippen molar-refractivity contribution in [3.05, 3.63) is 47.2 Å². The summed E-state index contributed by atoms with van der Waals surface area (Å²) in [7, 11) is 0. The number of carbonyl (C=O) groups excluding carboxylic acids is 1. The van der Waals surface area contributed by atoms with E-state index in [9.17, 15) is 18.0 Å². The molecule has 0 amide bonds. The van der Waals surface area contributed by atoms with E-state index in [1.54, 1.807) is 17.8 Å². The molecule has 2 rings (SSSR count). The van der Waals surface area contributed by atoms with E-state index in [1.807, 2.05) is 0 Å². The van der Waals surface area contributed by atoms with Crippen LogP contribution in [0, 0.1) is 4.71 Å². The molecule has 0 saturated heterocycles. The molecular formula is C17H15F3O3S3. The topological polar surface area (TPSA) is 39.4 Å². The van der Waals surface area contributed by atoms with Gasteiger partial charge in [0.1, 0.15) is 12.2 Å². The van der Waals surface area contributed by atoms with Gasteiger partial charge in [0.25, 0.3) is 0 Å². The minimum atomic E-state index is -4.43. The van der Waals surface area contributed by atoms with Crippen LogP contribution in [0.3, 0.4) is 0 Å². The van der Waals surface area contributed by atoms with Crippen molar-refractivity contribution in [3.8, 4) is 0 Å². The maximum atomic E-state index is 12.8. The van der Waals surface area contributed by atoms with Gasteiger partial charge >= 0.3 is 12.1 Å². The number of ether oxygens (including phenoxy) is 1. The quantitative estimate of drug-likeness (QED) is 0.178. The molecule has 9 heteroatoms. The Bertz CT molecular complexity index is 846. The summed E-state index contributed by atoms with van der Waals surface area (Å²) in [4.78, 5) is 11.7. The Kier molecular flexibility index (Phi) is 7.60. The molecular weight excluding hydrogens is 405 g/mol. The monoisotopic (exact) mass is 420 g/mol. The van der Waals surface area contributed by atoms with Gasteiger partial charge < -0.3 is 9.15 Å². The number of hydrogen-bond donors (Lipinski definition) is 0. The number of rotatable bonds is 8. The van der Waals surface area contributed by atoms with Crippen molar-refractivity contribution in [2.75, 3.05) is 23.9 Å². The maximum Gasteiger partial charge on any atom is 0.416 e. The molecule has 0 atom stereocenters. The van der Waals surface area contributed by atoms with Gasteiger partial charge in [-0.3, -0.25) is 0 Å². The van der Waals surface area contributed by atoms with Crippen molar-refractivity contribution in [2.24, 2.45) is 0 Å². The molecule has 0 aliphatic rings. The lowest BCUT2D eigenvalue weighted by atomic mass is 10.1. The van der Waals surface area contributed by atoms with E-state index in [4.69, 9.17) is 21.4 Å². The summed E-state index contributed by atoms with van der Waals surface area (Å²) in [6, 6.07) is 5.05. The van der Waals surface area contributed by atoms with E-state index in [0.29, 0.717) is 17.7 Å². The lowest BCUT2D eigenvalue weighted by molar-refractivity contribution is -0.138. The molecule has 1 heterocycles. The van der Waals surface area contributed by atoms with Crippen LogP contribution in [0.15, 0.2) is 46.2 Å². The van der Waals surface area contributed by atoms with Crippen LogP contribution in [0.2, 0.25) is 0 Å². The Hall–Kier alpha value is -1.45. The van der Waals surface area contributed by atoms with Crippen LogP contribution < -0.4 is 0 Å². The van der Waals surface area contributed by atoms with E-state index in [0.717, 1.165) is 34.6 Å². The molecule has 0 N–H and O–H groups in total. The predicted octanol–water partition coefficient (Wildman–Crippen LogP) is 5.74. The van der Waals surface area contributed by atoms with E-state index in [-0.39, 0.29) is 10.3 Å². The van der Waals surface area contributed by atoms with Crippen LogP contribution in [-0.4, -0.2) is 29.8 Å². The molecule has 26 heavy (non-hydrogen) atoms. The van der Waals surface area contributed by atoms with Crippen molar-refractivity contribution < 1.29 is 27.1 Å². The number of benzene rings is 1. The molecule has 0 radical (unpaired) electrons. The van der Waals surface area contributed by atoms with Crippen LogP contribution in [-0.2, 0) is 15.7 Å². The molecule has 1 aromatic heterocycles. The fraction of sp³-hybridized carbons (Fsp3) is 0.294. The smallest absolute Gasteiger partial charge is 0.416 e. The summed E-state index contributed by atoms with van der Waals surface area (Å²) in [5.74, 6) is 1.73. The highest BCUT2D eigenvalue weighted by atomic mass is 32.2. The number of alkyl halides is 3. The Morgan fingerprint density at radius 3 is 2.73 bits per heavy atom. The van der Waals surface area contributed by atoms with Gasteiger partial charge in [-0.1, -0.05) is 6.58 Å². The maximum absolute atomic E-state index is 12.8. The van der Waals surface area contributed by atoms with Crippen molar-refractivity contribution >= 4 is 52.7 Å². The molecule has 0 fully saturated rings. The van der Waals surface area contributed by atoms with Gasteiger partial charge in [-0.15, -0.1) is 11.8 Å². The number of fused-ring (bicyclic) bond motifs is 1. The highest BCUT2D eigenvalue weighted by Crippen LogP contribution is 2.35. The van der Waals surface area contributed by atoms with Crippen LogP contribution in [0.1, 0.15) is 5.56 Å². The molecule has 0 unspecified atom stereocenters. The molecule has 3 nitrogen and oxygen atoms in total. The number of halogens is 3. The Morgan fingerprint density at radius 1 is 1.27 bits per heavy atom. The summed E-state index contributed by atoms with van der Waals surface area (Å²) >= 11 is 8.12.